The SMILES string of the molecule is C=C[C@H](CC)[C@@H](O)C(CC)CCCC. The Morgan fingerprint density at radius 3 is 2.21 bits per heavy atom. The summed E-state index contributed by atoms with van der Waals surface area (Å²) in [7, 11) is 0. The Hall–Kier alpha value is -0.300. The normalized spacial score (nSPS) is 17.4. The smallest absolute Gasteiger partial charge is 0.0630 e. The number of unbranched alkanes of at least 4 members (excludes halogenated alkanes) is 1. The Morgan fingerprint density at radius 2 is 1.86 bits per heavy atom. The zero-order valence-corrected chi connectivity index (χ0v) is 10.00. The summed E-state index contributed by atoms with van der Waals surface area (Å²) in [5, 5.41) is 10.1. The van der Waals surface area contributed by atoms with E-state index in [1.807, 2.05) is 6.08 Å². The molecule has 0 aliphatic carbocycles. The molecule has 0 spiro atoms. The number of rotatable bonds is 8. The molecule has 0 aromatic carbocycles. The van der Waals surface area contributed by atoms with E-state index in [9.17, 15) is 5.11 Å². The lowest BCUT2D eigenvalue weighted by Gasteiger charge is -2.26. The number of hydrogen-bond donors (Lipinski definition) is 1. The van der Waals surface area contributed by atoms with Gasteiger partial charge in [0, 0.05) is 5.92 Å². The van der Waals surface area contributed by atoms with Gasteiger partial charge in [-0.2, -0.15) is 0 Å². The highest BCUT2D eigenvalue weighted by atomic mass is 16.3. The van der Waals surface area contributed by atoms with Gasteiger partial charge in [-0.15, -0.1) is 6.58 Å². The summed E-state index contributed by atoms with van der Waals surface area (Å²) in [5.41, 5.74) is 0. The molecule has 0 fully saturated rings. The van der Waals surface area contributed by atoms with Crippen LogP contribution in [-0.2, 0) is 0 Å². The second-order valence-electron chi connectivity index (χ2n) is 4.11. The highest BCUT2D eigenvalue weighted by Crippen LogP contribution is 2.24. The molecule has 0 rings (SSSR count). The zero-order chi connectivity index (χ0) is 11.0. The van der Waals surface area contributed by atoms with Gasteiger partial charge in [-0.1, -0.05) is 46.1 Å². The minimum atomic E-state index is -0.186. The molecular weight excluding hydrogens is 172 g/mol. The molecule has 0 heterocycles. The predicted octanol–water partition coefficient (Wildman–Crippen LogP) is 3.78. The molecule has 0 radical (unpaired) electrons. The molecule has 1 unspecified atom stereocenters. The Morgan fingerprint density at radius 1 is 1.21 bits per heavy atom. The van der Waals surface area contributed by atoms with Crippen molar-refractivity contribution in [2.45, 2.75) is 59.0 Å². The Bertz CT molecular complexity index is 142. The van der Waals surface area contributed by atoms with Crippen LogP contribution in [0.3, 0.4) is 0 Å². The van der Waals surface area contributed by atoms with Crippen LogP contribution >= 0.6 is 0 Å². The van der Waals surface area contributed by atoms with Crippen molar-refractivity contribution in [3.63, 3.8) is 0 Å². The van der Waals surface area contributed by atoms with Crippen LogP contribution in [0.25, 0.3) is 0 Å². The van der Waals surface area contributed by atoms with Gasteiger partial charge < -0.3 is 5.11 Å². The first-order chi connectivity index (χ1) is 6.71. The maximum atomic E-state index is 10.1. The van der Waals surface area contributed by atoms with Crippen LogP contribution in [0.2, 0.25) is 0 Å². The summed E-state index contributed by atoms with van der Waals surface area (Å²) in [6.07, 6.45) is 7.38. The van der Waals surface area contributed by atoms with E-state index >= 15 is 0 Å². The fraction of sp³-hybridized carbons (Fsp3) is 0.846. The van der Waals surface area contributed by atoms with Crippen molar-refractivity contribution >= 4 is 0 Å². The zero-order valence-electron chi connectivity index (χ0n) is 10.00. The molecule has 0 saturated heterocycles. The average Bonchev–Trinajstić information content (AvgIpc) is 2.21. The molecule has 1 heteroatoms. The molecule has 0 aliphatic rings. The lowest BCUT2D eigenvalue weighted by molar-refractivity contribution is 0.0598. The van der Waals surface area contributed by atoms with Gasteiger partial charge in [0.1, 0.15) is 0 Å². The average molecular weight is 198 g/mol. The maximum absolute atomic E-state index is 10.1. The Balaban J connectivity index is 4.12. The molecule has 3 atom stereocenters. The van der Waals surface area contributed by atoms with E-state index in [0.29, 0.717) is 5.92 Å². The van der Waals surface area contributed by atoms with Crippen molar-refractivity contribution in [2.24, 2.45) is 11.8 Å². The van der Waals surface area contributed by atoms with Crippen molar-refractivity contribution in [3.05, 3.63) is 12.7 Å². The van der Waals surface area contributed by atoms with Gasteiger partial charge in [-0.05, 0) is 18.8 Å². The summed E-state index contributed by atoms with van der Waals surface area (Å²) in [6.45, 7) is 10.3. The summed E-state index contributed by atoms with van der Waals surface area (Å²) in [5.74, 6) is 0.731. The first-order valence-corrected chi connectivity index (χ1v) is 6.01. The van der Waals surface area contributed by atoms with Crippen molar-refractivity contribution < 1.29 is 5.11 Å². The number of aliphatic hydroxyl groups excluding tert-OH is 1. The lowest BCUT2D eigenvalue weighted by atomic mass is 9.84. The van der Waals surface area contributed by atoms with E-state index in [1.54, 1.807) is 0 Å². The summed E-state index contributed by atoms with van der Waals surface area (Å²) in [6, 6.07) is 0. The Labute approximate surface area is 89.2 Å². The maximum Gasteiger partial charge on any atom is 0.0630 e. The summed E-state index contributed by atoms with van der Waals surface area (Å²) >= 11 is 0. The highest BCUT2D eigenvalue weighted by Gasteiger charge is 2.22. The molecule has 0 amide bonds. The van der Waals surface area contributed by atoms with E-state index < -0.39 is 0 Å². The quantitative estimate of drug-likeness (QED) is 0.589. The van der Waals surface area contributed by atoms with Crippen LogP contribution in [0.15, 0.2) is 12.7 Å². The lowest BCUT2D eigenvalue weighted by Crippen LogP contribution is -2.27. The summed E-state index contributed by atoms with van der Waals surface area (Å²) < 4.78 is 0. The van der Waals surface area contributed by atoms with Crippen LogP contribution in [-0.4, -0.2) is 11.2 Å². The van der Waals surface area contributed by atoms with Crippen LogP contribution in [0.1, 0.15) is 52.9 Å². The summed E-state index contributed by atoms with van der Waals surface area (Å²) in [4.78, 5) is 0. The largest absolute Gasteiger partial charge is 0.392 e. The van der Waals surface area contributed by atoms with Crippen LogP contribution < -0.4 is 0 Å². The van der Waals surface area contributed by atoms with Gasteiger partial charge in [-0.25, -0.2) is 0 Å². The highest BCUT2D eigenvalue weighted by molar-refractivity contribution is 4.86. The molecule has 0 aromatic rings. The van der Waals surface area contributed by atoms with Crippen LogP contribution in [0.5, 0.6) is 0 Å². The van der Waals surface area contributed by atoms with Crippen molar-refractivity contribution in [1.82, 2.24) is 0 Å². The first-order valence-electron chi connectivity index (χ1n) is 6.01. The van der Waals surface area contributed by atoms with Crippen molar-refractivity contribution in [3.8, 4) is 0 Å². The standard InChI is InChI=1S/C13H26O/c1-5-9-10-12(8-4)13(14)11(6-2)7-3/h6,11-14H,2,5,7-10H2,1,3-4H3/t11-,12?,13-/m1/s1. The third-order valence-corrected chi connectivity index (χ3v) is 3.15. The number of aliphatic hydroxyl groups is 1. The van der Waals surface area contributed by atoms with Gasteiger partial charge in [0.2, 0.25) is 0 Å². The minimum absolute atomic E-state index is 0.186. The van der Waals surface area contributed by atoms with Gasteiger partial charge in [0.15, 0.2) is 0 Å². The third kappa shape index (κ3) is 4.28. The number of hydrogen-bond acceptors (Lipinski definition) is 1. The molecule has 1 nitrogen and oxygen atoms in total. The monoisotopic (exact) mass is 198 g/mol. The molecular formula is C13H26O. The molecule has 0 saturated carbocycles. The third-order valence-electron chi connectivity index (χ3n) is 3.15. The molecule has 14 heavy (non-hydrogen) atoms. The van der Waals surface area contributed by atoms with Crippen molar-refractivity contribution in [1.29, 1.82) is 0 Å². The second kappa shape index (κ2) is 8.05. The second-order valence-corrected chi connectivity index (χ2v) is 4.11. The van der Waals surface area contributed by atoms with E-state index in [1.165, 1.54) is 12.8 Å². The molecule has 0 aliphatic heterocycles. The van der Waals surface area contributed by atoms with Gasteiger partial charge in [0.25, 0.3) is 0 Å². The first kappa shape index (κ1) is 13.7. The van der Waals surface area contributed by atoms with Crippen LogP contribution in [0, 0.1) is 11.8 Å². The molecule has 84 valence electrons. The molecule has 1 N–H and O–H groups in total. The van der Waals surface area contributed by atoms with Crippen molar-refractivity contribution in [2.75, 3.05) is 0 Å². The fourth-order valence-corrected chi connectivity index (χ4v) is 1.98. The fourth-order valence-electron chi connectivity index (χ4n) is 1.98. The Kier molecular flexibility index (Phi) is 7.87. The molecule has 0 aromatic heterocycles. The van der Waals surface area contributed by atoms with Gasteiger partial charge >= 0.3 is 0 Å². The van der Waals surface area contributed by atoms with E-state index in [0.717, 1.165) is 19.3 Å². The van der Waals surface area contributed by atoms with Gasteiger partial charge in [-0.3, -0.25) is 0 Å². The predicted molar refractivity (Wildman–Crippen MR) is 63.3 cm³/mol. The van der Waals surface area contributed by atoms with Crippen LogP contribution in [0.4, 0.5) is 0 Å². The van der Waals surface area contributed by atoms with E-state index in [4.69, 9.17) is 0 Å². The minimum Gasteiger partial charge on any atom is -0.392 e. The van der Waals surface area contributed by atoms with E-state index in [2.05, 4.69) is 27.4 Å². The molecule has 0 bridgehead atoms. The topological polar surface area (TPSA) is 20.2 Å². The van der Waals surface area contributed by atoms with E-state index in [-0.39, 0.29) is 12.0 Å². The van der Waals surface area contributed by atoms with Gasteiger partial charge in [0.05, 0.1) is 6.10 Å².